The van der Waals surface area contributed by atoms with E-state index in [1.54, 1.807) is 7.11 Å². The average molecular weight is 301 g/mol. The Bertz CT molecular complexity index is 369. The zero-order chi connectivity index (χ0) is 13.1. The van der Waals surface area contributed by atoms with Crippen LogP contribution in [0.4, 0.5) is 0 Å². The van der Waals surface area contributed by atoms with Crippen LogP contribution in [0.2, 0.25) is 0 Å². The van der Waals surface area contributed by atoms with E-state index in [4.69, 9.17) is 4.74 Å². The Kier molecular flexibility index (Phi) is 5.02. The molecular weight excluding hydrogens is 280 g/mol. The highest BCUT2D eigenvalue weighted by atomic mass is 79.9. The first-order chi connectivity index (χ1) is 7.81. The minimum absolute atomic E-state index is 0.138. The summed E-state index contributed by atoms with van der Waals surface area (Å²) in [6.45, 7) is 6.40. The molecule has 1 atom stereocenters. The summed E-state index contributed by atoms with van der Waals surface area (Å²) in [5.41, 5.74) is 1.18. The Hall–Kier alpha value is -0.540. The van der Waals surface area contributed by atoms with E-state index < -0.39 is 0 Å². The SMILES string of the molecule is COc1ccc(Br)cc1CC(O)CC(C)(C)C. The minimum Gasteiger partial charge on any atom is -0.496 e. The molecule has 0 fully saturated rings. The predicted molar refractivity (Wildman–Crippen MR) is 74.5 cm³/mol. The van der Waals surface area contributed by atoms with Crippen LogP contribution in [-0.4, -0.2) is 18.3 Å². The van der Waals surface area contributed by atoms with Gasteiger partial charge in [0.05, 0.1) is 13.2 Å². The van der Waals surface area contributed by atoms with Gasteiger partial charge in [0.25, 0.3) is 0 Å². The normalized spacial score (nSPS) is 13.5. The maximum atomic E-state index is 10.1. The fourth-order valence-corrected chi connectivity index (χ4v) is 2.35. The van der Waals surface area contributed by atoms with Crippen LogP contribution in [-0.2, 0) is 6.42 Å². The first kappa shape index (κ1) is 14.5. The maximum absolute atomic E-state index is 10.1. The van der Waals surface area contributed by atoms with Crippen molar-refractivity contribution in [1.29, 1.82) is 0 Å². The van der Waals surface area contributed by atoms with Gasteiger partial charge in [-0.2, -0.15) is 0 Å². The lowest BCUT2D eigenvalue weighted by atomic mass is 9.87. The lowest BCUT2D eigenvalue weighted by molar-refractivity contribution is 0.121. The number of methoxy groups -OCH3 is 1. The van der Waals surface area contributed by atoms with Crippen LogP contribution in [0.5, 0.6) is 5.75 Å². The summed E-state index contributed by atoms with van der Waals surface area (Å²) < 4.78 is 6.31. The van der Waals surface area contributed by atoms with Gasteiger partial charge in [0, 0.05) is 10.9 Å². The molecule has 0 aromatic heterocycles. The standard InChI is InChI=1S/C14H21BrO2/c1-14(2,3)9-12(16)8-10-7-11(15)5-6-13(10)17-4/h5-7,12,16H,8-9H2,1-4H3. The molecule has 1 rings (SSSR count). The zero-order valence-corrected chi connectivity index (χ0v) is 12.5. The summed E-state index contributed by atoms with van der Waals surface area (Å²) in [7, 11) is 1.66. The molecule has 1 aromatic carbocycles. The third kappa shape index (κ3) is 5.09. The molecular formula is C14H21BrO2. The van der Waals surface area contributed by atoms with Crippen LogP contribution in [0.1, 0.15) is 32.8 Å². The van der Waals surface area contributed by atoms with Crippen molar-refractivity contribution in [3.63, 3.8) is 0 Å². The molecule has 0 saturated carbocycles. The van der Waals surface area contributed by atoms with Gasteiger partial charge in [-0.25, -0.2) is 0 Å². The van der Waals surface area contributed by atoms with Crippen LogP contribution < -0.4 is 4.74 Å². The monoisotopic (exact) mass is 300 g/mol. The van der Waals surface area contributed by atoms with E-state index >= 15 is 0 Å². The van der Waals surface area contributed by atoms with Crippen molar-refractivity contribution in [2.24, 2.45) is 5.41 Å². The minimum atomic E-state index is -0.335. The largest absolute Gasteiger partial charge is 0.496 e. The van der Waals surface area contributed by atoms with Gasteiger partial charge in [-0.15, -0.1) is 0 Å². The van der Waals surface area contributed by atoms with Crippen molar-refractivity contribution in [3.05, 3.63) is 28.2 Å². The topological polar surface area (TPSA) is 29.5 Å². The Morgan fingerprint density at radius 3 is 2.53 bits per heavy atom. The number of halogens is 1. The predicted octanol–water partition coefficient (Wildman–Crippen LogP) is 3.80. The highest BCUT2D eigenvalue weighted by Crippen LogP contribution is 2.27. The third-order valence-corrected chi connectivity index (χ3v) is 3.04. The quantitative estimate of drug-likeness (QED) is 0.916. The molecule has 17 heavy (non-hydrogen) atoms. The van der Waals surface area contributed by atoms with E-state index in [1.807, 2.05) is 18.2 Å². The van der Waals surface area contributed by atoms with Crippen LogP contribution in [0, 0.1) is 5.41 Å². The Labute approximate surface area is 112 Å². The lowest BCUT2D eigenvalue weighted by Gasteiger charge is -2.23. The number of aliphatic hydroxyl groups excluding tert-OH is 1. The fourth-order valence-electron chi connectivity index (χ4n) is 1.94. The fraction of sp³-hybridized carbons (Fsp3) is 0.571. The summed E-state index contributed by atoms with van der Waals surface area (Å²) in [5.74, 6) is 0.834. The Morgan fingerprint density at radius 2 is 2.00 bits per heavy atom. The molecule has 0 spiro atoms. The molecule has 96 valence electrons. The average Bonchev–Trinajstić information content (AvgIpc) is 2.14. The van der Waals surface area contributed by atoms with Gasteiger partial charge in [0.1, 0.15) is 5.75 Å². The second-order valence-electron chi connectivity index (χ2n) is 5.58. The van der Waals surface area contributed by atoms with E-state index in [2.05, 4.69) is 36.7 Å². The Morgan fingerprint density at radius 1 is 1.35 bits per heavy atom. The van der Waals surface area contributed by atoms with Gasteiger partial charge >= 0.3 is 0 Å². The summed E-state index contributed by atoms with van der Waals surface area (Å²) in [6.07, 6.45) is 1.07. The summed E-state index contributed by atoms with van der Waals surface area (Å²) in [4.78, 5) is 0. The van der Waals surface area contributed by atoms with Crippen molar-refractivity contribution < 1.29 is 9.84 Å². The van der Waals surface area contributed by atoms with Crippen LogP contribution in [0.15, 0.2) is 22.7 Å². The number of rotatable bonds is 4. The van der Waals surface area contributed by atoms with E-state index in [0.29, 0.717) is 6.42 Å². The molecule has 0 aliphatic carbocycles. The number of aliphatic hydroxyl groups is 1. The molecule has 0 amide bonds. The molecule has 1 unspecified atom stereocenters. The molecule has 0 heterocycles. The molecule has 3 heteroatoms. The third-order valence-electron chi connectivity index (χ3n) is 2.55. The number of benzene rings is 1. The van der Waals surface area contributed by atoms with Gasteiger partial charge in [-0.05, 0) is 35.6 Å². The maximum Gasteiger partial charge on any atom is 0.122 e. The number of hydrogen-bond donors (Lipinski definition) is 1. The molecule has 0 bridgehead atoms. The van der Waals surface area contributed by atoms with Gasteiger partial charge in [0.15, 0.2) is 0 Å². The molecule has 0 aliphatic rings. The molecule has 0 radical (unpaired) electrons. The number of hydrogen-bond acceptors (Lipinski definition) is 2. The highest BCUT2D eigenvalue weighted by molar-refractivity contribution is 9.10. The van der Waals surface area contributed by atoms with E-state index in [0.717, 1.165) is 22.2 Å². The van der Waals surface area contributed by atoms with Gasteiger partial charge < -0.3 is 9.84 Å². The van der Waals surface area contributed by atoms with Crippen LogP contribution >= 0.6 is 15.9 Å². The molecule has 1 aromatic rings. The van der Waals surface area contributed by atoms with Crippen molar-refractivity contribution in [3.8, 4) is 5.75 Å². The Balaban J connectivity index is 2.76. The number of ether oxygens (including phenoxy) is 1. The smallest absolute Gasteiger partial charge is 0.122 e. The molecule has 0 saturated heterocycles. The molecule has 0 aliphatic heterocycles. The van der Waals surface area contributed by atoms with Crippen molar-refractivity contribution >= 4 is 15.9 Å². The van der Waals surface area contributed by atoms with E-state index in [1.165, 1.54) is 0 Å². The zero-order valence-electron chi connectivity index (χ0n) is 11.0. The first-order valence-electron chi connectivity index (χ1n) is 5.82. The molecule has 1 N–H and O–H groups in total. The van der Waals surface area contributed by atoms with Crippen molar-refractivity contribution in [1.82, 2.24) is 0 Å². The van der Waals surface area contributed by atoms with Gasteiger partial charge in [-0.1, -0.05) is 36.7 Å². The summed E-state index contributed by atoms with van der Waals surface area (Å²) >= 11 is 3.44. The van der Waals surface area contributed by atoms with Crippen LogP contribution in [0.25, 0.3) is 0 Å². The van der Waals surface area contributed by atoms with Crippen molar-refractivity contribution in [2.45, 2.75) is 39.7 Å². The highest BCUT2D eigenvalue weighted by Gasteiger charge is 2.18. The van der Waals surface area contributed by atoms with Crippen molar-refractivity contribution in [2.75, 3.05) is 7.11 Å². The molecule has 2 nitrogen and oxygen atoms in total. The lowest BCUT2D eigenvalue weighted by Crippen LogP contribution is -2.19. The van der Waals surface area contributed by atoms with Gasteiger partial charge in [-0.3, -0.25) is 0 Å². The second kappa shape index (κ2) is 5.87. The summed E-state index contributed by atoms with van der Waals surface area (Å²) in [5, 5.41) is 10.1. The second-order valence-corrected chi connectivity index (χ2v) is 6.49. The van der Waals surface area contributed by atoms with E-state index in [9.17, 15) is 5.11 Å². The summed E-state index contributed by atoms with van der Waals surface area (Å²) in [6, 6.07) is 5.87. The first-order valence-corrected chi connectivity index (χ1v) is 6.61. The van der Waals surface area contributed by atoms with Gasteiger partial charge in [0.2, 0.25) is 0 Å². The van der Waals surface area contributed by atoms with Crippen LogP contribution in [0.3, 0.4) is 0 Å². The van der Waals surface area contributed by atoms with E-state index in [-0.39, 0.29) is 11.5 Å².